The number of aryl methyl sites for hydroxylation is 1. The van der Waals surface area contributed by atoms with Crippen molar-refractivity contribution in [2.45, 2.75) is 18.9 Å². The monoisotopic (exact) mass is 299 g/mol. The van der Waals surface area contributed by atoms with Gasteiger partial charge in [-0.2, -0.15) is 0 Å². The minimum atomic E-state index is 0.277. The first-order valence-corrected chi connectivity index (χ1v) is 8.38. The van der Waals surface area contributed by atoms with Crippen molar-refractivity contribution in [2.24, 2.45) is 0 Å². The summed E-state index contributed by atoms with van der Waals surface area (Å²) in [7, 11) is 0. The van der Waals surface area contributed by atoms with Gasteiger partial charge >= 0.3 is 0 Å². The first-order valence-electron chi connectivity index (χ1n) is 8.38. The summed E-state index contributed by atoms with van der Waals surface area (Å²) in [6.07, 6.45) is 2.40. The lowest BCUT2D eigenvalue weighted by Crippen LogP contribution is -2.34. The number of nitrogens with zero attached hydrogens (tertiary/aromatic N) is 1. The van der Waals surface area contributed by atoms with Gasteiger partial charge in [0.25, 0.3) is 0 Å². The smallest absolute Gasteiger partial charge is 0.0796 e. The summed E-state index contributed by atoms with van der Waals surface area (Å²) < 4.78 is 0. The Bertz CT molecular complexity index is 725. The van der Waals surface area contributed by atoms with Crippen molar-refractivity contribution in [2.75, 3.05) is 11.4 Å². The van der Waals surface area contributed by atoms with Crippen LogP contribution < -0.4 is 4.90 Å². The van der Waals surface area contributed by atoms with Crippen LogP contribution in [0.2, 0.25) is 0 Å². The molecule has 1 nitrogen and oxygen atoms in total. The first kappa shape index (κ1) is 14.1. The summed E-state index contributed by atoms with van der Waals surface area (Å²) >= 11 is 0. The van der Waals surface area contributed by atoms with E-state index < -0.39 is 0 Å². The Hall–Kier alpha value is -2.54. The van der Waals surface area contributed by atoms with Gasteiger partial charge in [-0.05, 0) is 35.6 Å². The molecule has 23 heavy (non-hydrogen) atoms. The predicted octanol–water partition coefficient (Wildman–Crippen LogP) is 5.23. The Morgan fingerprint density at radius 3 is 1.87 bits per heavy atom. The third kappa shape index (κ3) is 2.75. The SMILES string of the molecule is c1ccc(C(c2ccccc2)N2CCCc3ccccc32)cc1. The normalized spacial score (nSPS) is 13.9. The van der Waals surface area contributed by atoms with Crippen LogP contribution in [0.5, 0.6) is 0 Å². The fourth-order valence-electron chi connectivity index (χ4n) is 3.65. The van der Waals surface area contributed by atoms with E-state index in [1.165, 1.54) is 35.2 Å². The lowest BCUT2D eigenvalue weighted by atomic mass is 9.93. The van der Waals surface area contributed by atoms with Gasteiger partial charge in [-0.25, -0.2) is 0 Å². The van der Waals surface area contributed by atoms with Crippen LogP contribution in [0.15, 0.2) is 84.9 Å². The van der Waals surface area contributed by atoms with E-state index in [2.05, 4.69) is 89.8 Å². The molecule has 0 fully saturated rings. The standard InChI is InChI=1S/C22H21N/c1-3-11-19(12-4-1)22(20-13-5-2-6-14-20)23-17-9-15-18-10-7-8-16-21(18)23/h1-8,10-14,16,22H,9,15,17H2. The fourth-order valence-corrected chi connectivity index (χ4v) is 3.65. The largest absolute Gasteiger partial charge is 0.360 e. The van der Waals surface area contributed by atoms with Crippen LogP contribution in [0, 0.1) is 0 Å². The van der Waals surface area contributed by atoms with Crippen molar-refractivity contribution in [1.82, 2.24) is 0 Å². The Morgan fingerprint density at radius 2 is 1.22 bits per heavy atom. The van der Waals surface area contributed by atoms with Crippen molar-refractivity contribution >= 4 is 5.69 Å². The molecule has 0 aliphatic carbocycles. The van der Waals surface area contributed by atoms with E-state index in [9.17, 15) is 0 Å². The third-order valence-corrected chi connectivity index (χ3v) is 4.69. The molecular formula is C22H21N. The second-order valence-electron chi connectivity index (χ2n) is 6.15. The molecule has 0 bridgehead atoms. The highest BCUT2D eigenvalue weighted by molar-refractivity contribution is 5.59. The summed E-state index contributed by atoms with van der Waals surface area (Å²) in [5, 5.41) is 0. The maximum absolute atomic E-state index is 2.57. The molecule has 3 aromatic carbocycles. The third-order valence-electron chi connectivity index (χ3n) is 4.69. The molecule has 1 aliphatic rings. The van der Waals surface area contributed by atoms with E-state index in [0.717, 1.165) is 6.54 Å². The number of fused-ring (bicyclic) bond motifs is 1. The summed E-state index contributed by atoms with van der Waals surface area (Å²) in [6.45, 7) is 1.10. The Labute approximate surface area is 138 Å². The van der Waals surface area contributed by atoms with Gasteiger partial charge in [0.05, 0.1) is 6.04 Å². The number of hydrogen-bond acceptors (Lipinski definition) is 1. The fraction of sp³-hybridized carbons (Fsp3) is 0.182. The number of anilines is 1. The maximum Gasteiger partial charge on any atom is 0.0796 e. The average Bonchev–Trinajstić information content (AvgIpc) is 2.64. The summed E-state index contributed by atoms with van der Waals surface area (Å²) in [5.74, 6) is 0. The summed E-state index contributed by atoms with van der Waals surface area (Å²) in [6, 6.07) is 30.9. The molecule has 0 spiro atoms. The zero-order valence-electron chi connectivity index (χ0n) is 13.2. The molecule has 0 saturated heterocycles. The average molecular weight is 299 g/mol. The van der Waals surface area contributed by atoms with Gasteiger partial charge in [0.2, 0.25) is 0 Å². The van der Waals surface area contributed by atoms with Crippen molar-refractivity contribution in [3.63, 3.8) is 0 Å². The molecule has 3 aromatic rings. The lowest BCUT2D eigenvalue weighted by molar-refractivity contribution is 0.638. The summed E-state index contributed by atoms with van der Waals surface area (Å²) in [4.78, 5) is 2.57. The molecule has 0 aromatic heterocycles. The first-order chi connectivity index (χ1) is 11.4. The number of hydrogen-bond donors (Lipinski definition) is 0. The molecule has 0 atom stereocenters. The predicted molar refractivity (Wildman–Crippen MR) is 96.8 cm³/mol. The molecule has 1 heteroatoms. The van der Waals surface area contributed by atoms with Gasteiger partial charge in [0.1, 0.15) is 0 Å². The Kier molecular flexibility index (Phi) is 3.85. The van der Waals surface area contributed by atoms with Crippen LogP contribution in [-0.4, -0.2) is 6.54 Å². The van der Waals surface area contributed by atoms with E-state index in [0.29, 0.717) is 0 Å². The Morgan fingerprint density at radius 1 is 0.652 bits per heavy atom. The molecule has 1 heterocycles. The number of rotatable bonds is 3. The maximum atomic E-state index is 2.57. The van der Waals surface area contributed by atoms with Gasteiger partial charge in [-0.3, -0.25) is 0 Å². The lowest BCUT2D eigenvalue weighted by Gasteiger charge is -2.38. The van der Waals surface area contributed by atoms with Crippen LogP contribution in [0.4, 0.5) is 5.69 Å². The molecular weight excluding hydrogens is 278 g/mol. The van der Waals surface area contributed by atoms with Crippen LogP contribution in [0.25, 0.3) is 0 Å². The van der Waals surface area contributed by atoms with Gasteiger partial charge in [-0.15, -0.1) is 0 Å². The zero-order chi connectivity index (χ0) is 15.5. The highest BCUT2D eigenvalue weighted by Crippen LogP contribution is 2.37. The van der Waals surface area contributed by atoms with Gasteiger partial charge in [0, 0.05) is 12.2 Å². The number of para-hydroxylation sites is 1. The van der Waals surface area contributed by atoms with Gasteiger partial charge in [0.15, 0.2) is 0 Å². The van der Waals surface area contributed by atoms with E-state index in [1.54, 1.807) is 0 Å². The second kappa shape index (κ2) is 6.29. The molecule has 4 rings (SSSR count). The van der Waals surface area contributed by atoms with Crippen molar-refractivity contribution in [1.29, 1.82) is 0 Å². The molecule has 0 radical (unpaired) electrons. The quantitative estimate of drug-likeness (QED) is 0.640. The summed E-state index contributed by atoms with van der Waals surface area (Å²) in [5.41, 5.74) is 5.57. The highest BCUT2D eigenvalue weighted by atomic mass is 15.2. The van der Waals surface area contributed by atoms with E-state index in [1.807, 2.05) is 0 Å². The molecule has 0 unspecified atom stereocenters. The number of benzene rings is 3. The topological polar surface area (TPSA) is 3.24 Å². The Balaban J connectivity index is 1.84. The molecule has 0 amide bonds. The van der Waals surface area contributed by atoms with Crippen molar-refractivity contribution in [3.8, 4) is 0 Å². The van der Waals surface area contributed by atoms with E-state index in [4.69, 9.17) is 0 Å². The highest BCUT2D eigenvalue weighted by Gasteiger charge is 2.26. The van der Waals surface area contributed by atoms with E-state index in [-0.39, 0.29) is 6.04 Å². The van der Waals surface area contributed by atoms with Crippen LogP contribution in [0.1, 0.15) is 29.2 Å². The van der Waals surface area contributed by atoms with Crippen LogP contribution in [-0.2, 0) is 6.42 Å². The zero-order valence-corrected chi connectivity index (χ0v) is 13.2. The molecule has 114 valence electrons. The van der Waals surface area contributed by atoms with Crippen LogP contribution >= 0.6 is 0 Å². The van der Waals surface area contributed by atoms with Gasteiger partial charge in [-0.1, -0.05) is 78.9 Å². The van der Waals surface area contributed by atoms with E-state index >= 15 is 0 Å². The molecule has 0 saturated carbocycles. The minimum Gasteiger partial charge on any atom is -0.360 e. The van der Waals surface area contributed by atoms with Crippen molar-refractivity contribution < 1.29 is 0 Å². The molecule has 1 aliphatic heterocycles. The van der Waals surface area contributed by atoms with Gasteiger partial charge < -0.3 is 4.90 Å². The van der Waals surface area contributed by atoms with Crippen molar-refractivity contribution in [3.05, 3.63) is 102 Å². The molecule has 0 N–H and O–H groups in total. The second-order valence-corrected chi connectivity index (χ2v) is 6.15. The minimum absolute atomic E-state index is 0.277. The van der Waals surface area contributed by atoms with Crippen LogP contribution in [0.3, 0.4) is 0 Å².